The summed E-state index contributed by atoms with van der Waals surface area (Å²) in [5.41, 5.74) is 0. The lowest BCUT2D eigenvalue weighted by Gasteiger charge is -2.18. The molecule has 0 amide bonds. The van der Waals surface area contributed by atoms with Crippen LogP contribution >= 0.6 is 0 Å². The molecule has 1 atom stereocenters. The zero-order chi connectivity index (χ0) is 55.0. The SMILES string of the molecule is CC/C=C\C/C=C\C/C=C\C/C=C\C/C=C\C/C=C\C/C=C\CCCCCCCCCC(=O)OCC(COC(=O)CCCCCCC/C=C\C/C=C\CCCC)OC(=O)C/C=C\C/C=C\C/C=C\C/C=C\C/C=C\CC. The van der Waals surface area contributed by atoms with Gasteiger partial charge >= 0.3 is 17.9 Å². The molecule has 0 aliphatic carbocycles. The van der Waals surface area contributed by atoms with E-state index in [0.29, 0.717) is 19.3 Å². The molecule has 0 heterocycles. The van der Waals surface area contributed by atoms with Crippen LogP contribution in [-0.4, -0.2) is 37.2 Å². The van der Waals surface area contributed by atoms with Crippen molar-refractivity contribution >= 4 is 17.9 Å². The van der Waals surface area contributed by atoms with Crippen LogP contribution in [0.2, 0.25) is 0 Å². The van der Waals surface area contributed by atoms with Crippen LogP contribution in [0.25, 0.3) is 0 Å². The molecule has 6 nitrogen and oxygen atoms in total. The molecule has 0 spiro atoms. The highest BCUT2D eigenvalue weighted by molar-refractivity contribution is 5.72. The minimum absolute atomic E-state index is 0.0829. The minimum atomic E-state index is -0.852. The van der Waals surface area contributed by atoms with Crippen molar-refractivity contribution in [2.45, 2.75) is 239 Å². The Balaban J connectivity index is 4.44. The van der Waals surface area contributed by atoms with E-state index in [1.165, 1.54) is 38.5 Å². The van der Waals surface area contributed by atoms with E-state index < -0.39 is 12.1 Å². The smallest absolute Gasteiger partial charge is 0.310 e. The largest absolute Gasteiger partial charge is 0.462 e. The molecule has 0 saturated heterocycles. The maximum absolute atomic E-state index is 12.8. The predicted molar refractivity (Wildman–Crippen MR) is 329 cm³/mol. The molecule has 0 radical (unpaired) electrons. The number of hydrogen-bond donors (Lipinski definition) is 0. The second-order valence-corrected chi connectivity index (χ2v) is 19.2. The van der Waals surface area contributed by atoms with Crippen molar-refractivity contribution in [1.82, 2.24) is 0 Å². The fraction of sp³-hybridized carbons (Fsp3) is 0.557. The number of rotatable bonds is 52. The fourth-order valence-corrected chi connectivity index (χ4v) is 7.51. The summed E-state index contributed by atoms with van der Waals surface area (Å²) in [7, 11) is 0. The number of unbranched alkanes of at least 4 members (excludes halogenated alkanes) is 14. The Labute approximate surface area is 466 Å². The van der Waals surface area contributed by atoms with Gasteiger partial charge in [0.05, 0.1) is 6.42 Å². The lowest BCUT2D eigenvalue weighted by Crippen LogP contribution is -2.30. The number of carbonyl (C=O) groups excluding carboxylic acids is 3. The quantitative estimate of drug-likeness (QED) is 0.0261. The van der Waals surface area contributed by atoms with Crippen LogP contribution in [-0.2, 0) is 28.6 Å². The maximum atomic E-state index is 12.8. The third kappa shape index (κ3) is 59.6. The summed E-state index contributed by atoms with van der Waals surface area (Å²) in [6.07, 6.45) is 92.3. The van der Waals surface area contributed by atoms with Gasteiger partial charge in [-0.15, -0.1) is 0 Å². The van der Waals surface area contributed by atoms with Gasteiger partial charge in [-0.1, -0.05) is 255 Å². The minimum Gasteiger partial charge on any atom is -0.462 e. The van der Waals surface area contributed by atoms with Crippen molar-refractivity contribution < 1.29 is 28.6 Å². The summed E-state index contributed by atoms with van der Waals surface area (Å²) >= 11 is 0. The first-order valence-electron chi connectivity index (χ1n) is 30.1. The molecule has 0 aromatic rings. The number of hydrogen-bond acceptors (Lipinski definition) is 6. The van der Waals surface area contributed by atoms with Gasteiger partial charge in [-0.3, -0.25) is 14.4 Å². The Morgan fingerprint density at radius 1 is 0.289 bits per heavy atom. The first-order valence-corrected chi connectivity index (χ1v) is 30.1. The van der Waals surface area contributed by atoms with Crippen molar-refractivity contribution in [3.63, 3.8) is 0 Å². The molecular formula is C70H108O6. The number of allylic oxidation sites excluding steroid dienone is 27. The molecule has 0 fully saturated rings. The van der Waals surface area contributed by atoms with Crippen molar-refractivity contribution in [2.75, 3.05) is 13.2 Å². The van der Waals surface area contributed by atoms with E-state index in [0.717, 1.165) is 148 Å². The van der Waals surface area contributed by atoms with Gasteiger partial charge in [-0.25, -0.2) is 0 Å². The topological polar surface area (TPSA) is 78.9 Å². The maximum Gasteiger partial charge on any atom is 0.310 e. The fourth-order valence-electron chi connectivity index (χ4n) is 7.51. The van der Waals surface area contributed by atoms with E-state index in [-0.39, 0.29) is 31.6 Å². The van der Waals surface area contributed by atoms with Gasteiger partial charge in [0.1, 0.15) is 13.2 Å². The molecule has 76 heavy (non-hydrogen) atoms. The first kappa shape index (κ1) is 70.8. The number of carbonyl (C=O) groups is 3. The van der Waals surface area contributed by atoms with Crippen LogP contribution in [0.1, 0.15) is 233 Å². The standard InChI is InChI=1S/C70H108O6/c1-4-7-10-13-16-19-22-25-28-29-30-31-32-33-34-35-36-37-38-39-40-41-43-45-48-51-54-57-60-63-69(72)75-66-67(65-74-68(71)62-59-56-53-50-47-44-27-24-21-18-15-12-9-6-3)76-70(73)64-61-58-55-52-49-46-42-26-23-20-17-14-11-8-5-2/h7-8,10-11,15-20,24-28,30-31,33-34,36-37,39-40,42,49,52,58,61,67H,4-6,9,12-14,21-23,29,32,35,38,41,43-48,50-51,53-57,59-60,62-66H2,1-3H3/b10-7-,11-8-,18-15-,19-16-,20-17-,27-24-,28-25-,31-30-,34-33-,37-36-,40-39-,42-26-,52-49-,61-58-. The molecule has 0 N–H and O–H groups in total. The Morgan fingerprint density at radius 2 is 0.553 bits per heavy atom. The van der Waals surface area contributed by atoms with Crippen molar-refractivity contribution in [3.05, 3.63) is 170 Å². The van der Waals surface area contributed by atoms with Crippen molar-refractivity contribution in [1.29, 1.82) is 0 Å². The summed E-state index contributed by atoms with van der Waals surface area (Å²) in [6.45, 7) is 6.25. The lowest BCUT2D eigenvalue weighted by molar-refractivity contribution is -0.166. The van der Waals surface area contributed by atoms with Gasteiger partial charge in [-0.05, 0) is 128 Å². The second kappa shape index (κ2) is 62.3. The van der Waals surface area contributed by atoms with Crippen LogP contribution in [0.4, 0.5) is 0 Å². The molecule has 0 aliphatic heterocycles. The van der Waals surface area contributed by atoms with E-state index in [9.17, 15) is 14.4 Å². The Hall–Kier alpha value is -5.23. The first-order chi connectivity index (χ1) is 37.5. The molecule has 424 valence electrons. The summed E-state index contributed by atoms with van der Waals surface area (Å²) in [5, 5.41) is 0. The van der Waals surface area contributed by atoms with Gasteiger partial charge in [0.15, 0.2) is 6.10 Å². The molecular weight excluding hydrogens is 937 g/mol. The van der Waals surface area contributed by atoms with Gasteiger partial charge in [0, 0.05) is 12.8 Å². The summed E-state index contributed by atoms with van der Waals surface area (Å²) in [4.78, 5) is 38.1. The van der Waals surface area contributed by atoms with Crippen LogP contribution < -0.4 is 0 Å². The van der Waals surface area contributed by atoms with Crippen molar-refractivity contribution in [3.8, 4) is 0 Å². The van der Waals surface area contributed by atoms with Gasteiger partial charge < -0.3 is 14.2 Å². The summed E-state index contributed by atoms with van der Waals surface area (Å²) in [6, 6.07) is 0. The highest BCUT2D eigenvalue weighted by atomic mass is 16.6. The monoisotopic (exact) mass is 1040 g/mol. The van der Waals surface area contributed by atoms with Crippen LogP contribution in [0, 0.1) is 0 Å². The molecule has 1 unspecified atom stereocenters. The molecule has 0 saturated carbocycles. The second-order valence-electron chi connectivity index (χ2n) is 19.2. The molecule has 0 aromatic heterocycles. The van der Waals surface area contributed by atoms with Gasteiger partial charge in [0.25, 0.3) is 0 Å². The summed E-state index contributed by atoms with van der Waals surface area (Å²) in [5.74, 6) is -1.10. The van der Waals surface area contributed by atoms with Crippen molar-refractivity contribution in [2.24, 2.45) is 0 Å². The zero-order valence-corrected chi connectivity index (χ0v) is 48.4. The Kier molecular flexibility index (Phi) is 58.0. The number of esters is 3. The Bertz CT molecular complexity index is 1770. The van der Waals surface area contributed by atoms with Crippen LogP contribution in [0.3, 0.4) is 0 Å². The summed E-state index contributed by atoms with van der Waals surface area (Å²) < 4.78 is 16.7. The predicted octanol–water partition coefficient (Wildman–Crippen LogP) is 20.7. The highest BCUT2D eigenvalue weighted by Crippen LogP contribution is 2.13. The van der Waals surface area contributed by atoms with E-state index in [1.54, 1.807) is 6.08 Å². The van der Waals surface area contributed by atoms with E-state index in [2.05, 4.69) is 179 Å². The van der Waals surface area contributed by atoms with Gasteiger partial charge in [0.2, 0.25) is 0 Å². The molecule has 0 aliphatic rings. The van der Waals surface area contributed by atoms with E-state index in [1.807, 2.05) is 6.08 Å². The lowest BCUT2D eigenvalue weighted by atomic mass is 10.1. The average Bonchev–Trinajstić information content (AvgIpc) is 3.42. The third-order valence-electron chi connectivity index (χ3n) is 12.0. The van der Waals surface area contributed by atoms with Crippen LogP contribution in [0.15, 0.2) is 170 Å². The highest BCUT2D eigenvalue weighted by Gasteiger charge is 2.19. The molecule has 0 aromatic carbocycles. The molecule has 6 heteroatoms. The normalized spacial score (nSPS) is 13.4. The van der Waals surface area contributed by atoms with Gasteiger partial charge in [-0.2, -0.15) is 0 Å². The average molecular weight is 1050 g/mol. The zero-order valence-electron chi connectivity index (χ0n) is 48.4. The number of ether oxygens (including phenoxy) is 3. The van der Waals surface area contributed by atoms with Crippen LogP contribution in [0.5, 0.6) is 0 Å². The molecule has 0 rings (SSSR count). The van der Waals surface area contributed by atoms with E-state index >= 15 is 0 Å². The molecule has 0 bridgehead atoms. The third-order valence-corrected chi connectivity index (χ3v) is 12.0. The van der Waals surface area contributed by atoms with E-state index in [4.69, 9.17) is 14.2 Å². The Morgan fingerprint density at radius 3 is 0.868 bits per heavy atom.